The number of rotatable bonds is 7. The first-order chi connectivity index (χ1) is 12.1. The molecule has 0 fully saturated rings. The lowest BCUT2D eigenvalue weighted by atomic mass is 10.1. The van der Waals surface area contributed by atoms with E-state index in [0.29, 0.717) is 4.88 Å². The van der Waals surface area contributed by atoms with Gasteiger partial charge in [0.2, 0.25) is 0 Å². The van der Waals surface area contributed by atoms with Crippen LogP contribution < -0.4 is 5.32 Å². The van der Waals surface area contributed by atoms with Crippen LogP contribution in [0.25, 0.3) is 11.3 Å². The molecule has 2 heterocycles. The number of aryl methyl sites for hydroxylation is 1. The Balaban J connectivity index is 0.00000243. The van der Waals surface area contributed by atoms with Gasteiger partial charge >= 0.3 is 5.97 Å². The van der Waals surface area contributed by atoms with Gasteiger partial charge in [0.1, 0.15) is 4.88 Å². The fraction of sp³-hybridized carbons (Fsp3) is 0.222. The van der Waals surface area contributed by atoms with Gasteiger partial charge in [-0.2, -0.15) is 0 Å². The molecular weight excluding hydrogens is 452 g/mol. The van der Waals surface area contributed by atoms with E-state index in [1.807, 2.05) is 23.8 Å². The van der Waals surface area contributed by atoms with Crippen LogP contribution in [-0.4, -0.2) is 22.3 Å². The van der Waals surface area contributed by atoms with Crippen LogP contribution >= 0.6 is 51.4 Å². The molecule has 0 radical (unpaired) electrons. The molecule has 0 saturated carbocycles. The lowest BCUT2D eigenvalue weighted by Gasteiger charge is -2.08. The monoisotopic (exact) mass is 470 g/mol. The Kier molecular flexibility index (Phi) is 7.69. The number of carbonyl (C=O) groups is 1. The Morgan fingerprint density at radius 2 is 2.12 bits per heavy atom. The number of thiophene rings is 1. The summed E-state index contributed by atoms with van der Waals surface area (Å²) in [4.78, 5) is 16.2. The van der Waals surface area contributed by atoms with Gasteiger partial charge < -0.3 is 10.4 Å². The van der Waals surface area contributed by atoms with Crippen molar-refractivity contribution < 1.29 is 9.90 Å². The van der Waals surface area contributed by atoms with Gasteiger partial charge in [0.25, 0.3) is 0 Å². The van der Waals surface area contributed by atoms with E-state index in [9.17, 15) is 9.90 Å². The molecule has 2 aromatic heterocycles. The summed E-state index contributed by atoms with van der Waals surface area (Å²) in [5.74, 6) is -0.895. The van der Waals surface area contributed by atoms with Gasteiger partial charge in [-0.3, -0.25) is 0 Å². The van der Waals surface area contributed by atoms with E-state index in [0.717, 1.165) is 39.1 Å². The van der Waals surface area contributed by atoms with Crippen molar-refractivity contribution in [3.8, 4) is 11.3 Å². The van der Waals surface area contributed by atoms with Crippen molar-refractivity contribution in [3.63, 3.8) is 0 Å². The highest BCUT2D eigenvalue weighted by molar-refractivity contribution is 8.93. The molecule has 0 aliphatic carbocycles. The third kappa shape index (κ3) is 4.68. The van der Waals surface area contributed by atoms with Crippen LogP contribution in [0.15, 0.2) is 39.9 Å². The predicted molar refractivity (Wildman–Crippen MR) is 118 cm³/mol. The minimum Gasteiger partial charge on any atom is -0.477 e. The van der Waals surface area contributed by atoms with Crippen LogP contribution in [0.3, 0.4) is 0 Å². The van der Waals surface area contributed by atoms with E-state index >= 15 is 0 Å². The molecule has 0 spiro atoms. The fourth-order valence-electron chi connectivity index (χ4n) is 2.51. The average Bonchev–Trinajstić information content (AvgIpc) is 3.23. The van der Waals surface area contributed by atoms with E-state index in [-0.39, 0.29) is 17.0 Å². The Morgan fingerprint density at radius 1 is 1.35 bits per heavy atom. The highest BCUT2D eigenvalue weighted by atomic mass is 79.9. The molecule has 8 heteroatoms. The second-order valence-corrected chi connectivity index (χ2v) is 8.38. The molecule has 0 saturated heterocycles. The third-order valence-corrected chi connectivity index (χ3v) is 6.67. The first-order valence-corrected chi connectivity index (χ1v) is 10.8. The Morgan fingerprint density at radius 3 is 2.81 bits per heavy atom. The lowest BCUT2D eigenvalue weighted by Crippen LogP contribution is -1.95. The van der Waals surface area contributed by atoms with Crippen LogP contribution in [0.1, 0.15) is 28.6 Å². The van der Waals surface area contributed by atoms with Gasteiger partial charge in [-0.05, 0) is 30.4 Å². The molecule has 2 N–H and O–H groups in total. The first kappa shape index (κ1) is 21.0. The summed E-state index contributed by atoms with van der Waals surface area (Å²) in [6, 6.07) is 9.96. The second kappa shape index (κ2) is 9.55. The predicted octanol–water partition coefficient (Wildman–Crippen LogP) is 6.57. The number of hydrogen-bond acceptors (Lipinski definition) is 6. The van der Waals surface area contributed by atoms with Gasteiger partial charge in [-0.1, -0.05) is 31.5 Å². The van der Waals surface area contributed by atoms with Gasteiger partial charge in [-0.15, -0.1) is 51.4 Å². The quantitative estimate of drug-likeness (QED) is 0.382. The molecule has 0 aliphatic heterocycles. The van der Waals surface area contributed by atoms with Crippen LogP contribution in [0.5, 0.6) is 0 Å². The molecule has 4 nitrogen and oxygen atoms in total. The van der Waals surface area contributed by atoms with Crippen molar-refractivity contribution in [2.24, 2.45) is 0 Å². The molecule has 1 aromatic carbocycles. The van der Waals surface area contributed by atoms with Crippen LogP contribution in [-0.2, 0) is 6.42 Å². The van der Waals surface area contributed by atoms with E-state index in [1.54, 1.807) is 17.8 Å². The number of halogens is 1. The smallest absolute Gasteiger partial charge is 0.345 e. The number of thiazole rings is 1. The van der Waals surface area contributed by atoms with E-state index in [2.05, 4.69) is 29.4 Å². The third-order valence-electron chi connectivity index (χ3n) is 3.65. The maximum Gasteiger partial charge on any atom is 0.345 e. The van der Waals surface area contributed by atoms with Crippen molar-refractivity contribution in [1.29, 1.82) is 0 Å². The second-order valence-electron chi connectivity index (χ2n) is 5.39. The summed E-state index contributed by atoms with van der Waals surface area (Å²) in [5, 5.41) is 15.4. The van der Waals surface area contributed by atoms with E-state index in [4.69, 9.17) is 0 Å². The summed E-state index contributed by atoms with van der Waals surface area (Å²) in [5.41, 5.74) is 4.05. The Labute approximate surface area is 175 Å². The molecule has 0 unspecified atom stereocenters. The number of benzene rings is 1. The number of nitrogens with zero attached hydrogens (tertiary/aromatic N) is 1. The lowest BCUT2D eigenvalue weighted by molar-refractivity contribution is 0.0702. The zero-order valence-corrected chi connectivity index (χ0v) is 18.5. The standard InChI is InChI=1S/C18H18N2O2S3.BrH/c1-3-6-11-7-4-5-8-13(11)19-18-20-14(10-24-18)12-9-15(16(21)22)25-17(12)23-2;/h4-5,7-10H,3,6H2,1-2H3,(H,19,20)(H,21,22);1H. The number of hydrogen-bond donors (Lipinski definition) is 2. The van der Waals surface area contributed by atoms with Gasteiger partial charge in [0, 0.05) is 16.6 Å². The van der Waals surface area contributed by atoms with Crippen molar-refractivity contribution >= 4 is 68.2 Å². The van der Waals surface area contributed by atoms with Crippen molar-refractivity contribution in [2.45, 2.75) is 24.0 Å². The summed E-state index contributed by atoms with van der Waals surface area (Å²) >= 11 is 4.37. The number of nitrogens with one attached hydrogen (secondary N) is 1. The number of aromatic nitrogens is 1. The van der Waals surface area contributed by atoms with Gasteiger partial charge in [-0.25, -0.2) is 9.78 Å². The molecule has 138 valence electrons. The molecule has 0 bridgehead atoms. The largest absolute Gasteiger partial charge is 0.477 e. The Hall–Kier alpha value is -1.35. The molecule has 3 rings (SSSR count). The fourth-order valence-corrected chi connectivity index (χ4v) is 4.96. The zero-order chi connectivity index (χ0) is 17.8. The Bertz CT molecular complexity index is 892. The number of thioether (sulfide) groups is 1. The summed E-state index contributed by atoms with van der Waals surface area (Å²) in [6.45, 7) is 2.17. The highest BCUT2D eigenvalue weighted by Crippen LogP contribution is 2.39. The highest BCUT2D eigenvalue weighted by Gasteiger charge is 2.17. The molecule has 26 heavy (non-hydrogen) atoms. The zero-order valence-electron chi connectivity index (χ0n) is 14.3. The minimum atomic E-state index is -0.895. The van der Waals surface area contributed by atoms with Crippen molar-refractivity contribution in [3.05, 3.63) is 46.2 Å². The minimum absolute atomic E-state index is 0. The van der Waals surface area contributed by atoms with Gasteiger partial charge in [0.05, 0.1) is 9.90 Å². The number of para-hydroxylation sites is 1. The maximum atomic E-state index is 11.2. The maximum absolute atomic E-state index is 11.2. The molecular formula is C18H19BrN2O2S3. The summed E-state index contributed by atoms with van der Waals surface area (Å²) in [6.07, 6.45) is 4.06. The summed E-state index contributed by atoms with van der Waals surface area (Å²) < 4.78 is 0.973. The molecule has 0 amide bonds. The van der Waals surface area contributed by atoms with Crippen LogP contribution in [0.4, 0.5) is 10.8 Å². The average molecular weight is 471 g/mol. The van der Waals surface area contributed by atoms with Crippen molar-refractivity contribution in [2.75, 3.05) is 11.6 Å². The number of carboxylic acid groups (broad SMARTS) is 1. The van der Waals surface area contributed by atoms with Crippen LogP contribution in [0.2, 0.25) is 0 Å². The molecule has 3 aromatic rings. The molecule has 0 atom stereocenters. The van der Waals surface area contributed by atoms with Crippen molar-refractivity contribution in [1.82, 2.24) is 4.98 Å². The van der Waals surface area contributed by atoms with Crippen LogP contribution in [0, 0.1) is 0 Å². The topological polar surface area (TPSA) is 62.2 Å². The number of anilines is 2. The SMILES string of the molecule is Br.CCCc1ccccc1Nc1nc(-c2cc(C(=O)O)sc2SC)cs1. The number of carboxylic acids is 1. The summed E-state index contributed by atoms with van der Waals surface area (Å²) in [7, 11) is 0. The molecule has 0 aliphatic rings. The number of aromatic carboxylic acids is 1. The normalized spacial score (nSPS) is 10.4. The van der Waals surface area contributed by atoms with E-state index in [1.165, 1.54) is 28.2 Å². The first-order valence-electron chi connectivity index (χ1n) is 7.84. The van der Waals surface area contributed by atoms with E-state index < -0.39 is 5.97 Å². The van der Waals surface area contributed by atoms with Gasteiger partial charge in [0.15, 0.2) is 5.13 Å².